The normalized spacial score (nSPS) is 15.2. The second-order valence-corrected chi connectivity index (χ2v) is 6.28. The first kappa shape index (κ1) is 16.5. The zero-order valence-electron chi connectivity index (χ0n) is 14.3. The van der Waals surface area contributed by atoms with E-state index in [2.05, 4.69) is 34.4 Å². The highest BCUT2D eigenvalue weighted by atomic mass is 16.5. The third-order valence-corrected chi connectivity index (χ3v) is 4.10. The van der Waals surface area contributed by atoms with E-state index in [4.69, 9.17) is 10.5 Å². The van der Waals surface area contributed by atoms with E-state index >= 15 is 0 Å². The van der Waals surface area contributed by atoms with Crippen LogP contribution in [0.4, 0.5) is 11.8 Å². The Morgan fingerprint density at radius 3 is 2.75 bits per heavy atom. The fraction of sp³-hybridized carbons (Fsp3) is 0.444. The van der Waals surface area contributed by atoms with E-state index in [-0.39, 0.29) is 6.04 Å². The van der Waals surface area contributed by atoms with Gasteiger partial charge in [-0.3, -0.25) is 0 Å². The second-order valence-electron chi connectivity index (χ2n) is 6.28. The number of aryl methyl sites for hydroxylation is 1. The number of aromatic nitrogens is 2. The maximum absolute atomic E-state index is 5.87. The van der Waals surface area contributed by atoms with Gasteiger partial charge in [-0.2, -0.15) is 4.98 Å². The van der Waals surface area contributed by atoms with Gasteiger partial charge in [0.15, 0.2) is 0 Å². The topological polar surface area (TPSA) is 85.1 Å². The van der Waals surface area contributed by atoms with Crippen molar-refractivity contribution in [2.24, 2.45) is 0 Å². The van der Waals surface area contributed by atoms with Gasteiger partial charge >= 0.3 is 0 Å². The van der Waals surface area contributed by atoms with Crippen LogP contribution in [0.5, 0.6) is 5.75 Å². The first-order chi connectivity index (χ1) is 11.6. The van der Waals surface area contributed by atoms with E-state index in [0.717, 1.165) is 48.8 Å². The van der Waals surface area contributed by atoms with Gasteiger partial charge < -0.3 is 21.1 Å². The maximum atomic E-state index is 5.87. The van der Waals surface area contributed by atoms with E-state index in [1.807, 2.05) is 24.3 Å². The third kappa shape index (κ3) is 4.14. The predicted molar refractivity (Wildman–Crippen MR) is 96.5 cm³/mol. The van der Waals surface area contributed by atoms with Crippen LogP contribution in [0.1, 0.15) is 23.7 Å². The fourth-order valence-corrected chi connectivity index (χ4v) is 2.81. The Morgan fingerprint density at radius 2 is 1.96 bits per heavy atom. The molecule has 1 aromatic carbocycles. The summed E-state index contributed by atoms with van der Waals surface area (Å²) in [6.07, 6.45) is 1.79. The van der Waals surface area contributed by atoms with Gasteiger partial charge in [-0.25, -0.2) is 4.98 Å². The maximum Gasteiger partial charge on any atom is 0.222 e. The molecule has 1 aromatic heterocycles. The summed E-state index contributed by atoms with van der Waals surface area (Å²) >= 11 is 0. The van der Waals surface area contributed by atoms with Gasteiger partial charge in [-0.1, -0.05) is 17.7 Å². The molecule has 0 spiro atoms. The van der Waals surface area contributed by atoms with Crippen LogP contribution >= 0.6 is 0 Å². The number of anilines is 2. The molecule has 0 saturated carbocycles. The van der Waals surface area contributed by atoms with Crippen LogP contribution in [0.15, 0.2) is 24.3 Å². The first-order valence-electron chi connectivity index (χ1n) is 8.44. The Kier molecular flexibility index (Phi) is 5.15. The van der Waals surface area contributed by atoms with Crippen molar-refractivity contribution >= 4 is 11.8 Å². The lowest BCUT2D eigenvalue weighted by molar-refractivity contribution is 0.303. The van der Waals surface area contributed by atoms with Gasteiger partial charge in [0, 0.05) is 18.5 Å². The molecule has 4 N–H and O–H groups in total. The Morgan fingerprint density at radius 1 is 1.21 bits per heavy atom. The van der Waals surface area contributed by atoms with Crippen LogP contribution in [0.25, 0.3) is 0 Å². The molecule has 6 heteroatoms. The highest BCUT2D eigenvalue weighted by molar-refractivity contribution is 5.51. The van der Waals surface area contributed by atoms with Crippen LogP contribution in [0.3, 0.4) is 0 Å². The Balaban J connectivity index is 1.66. The Bertz CT molecular complexity index is 687. The molecule has 1 aliphatic rings. The number of nitrogens with one attached hydrogen (secondary N) is 2. The number of hydrogen-bond acceptors (Lipinski definition) is 6. The van der Waals surface area contributed by atoms with Gasteiger partial charge in [0.25, 0.3) is 0 Å². The van der Waals surface area contributed by atoms with Crippen LogP contribution in [-0.2, 0) is 12.8 Å². The highest BCUT2D eigenvalue weighted by Crippen LogP contribution is 2.21. The van der Waals surface area contributed by atoms with E-state index in [1.54, 1.807) is 0 Å². The van der Waals surface area contributed by atoms with Crippen molar-refractivity contribution in [3.63, 3.8) is 0 Å². The number of benzene rings is 1. The lowest BCUT2D eigenvalue weighted by Crippen LogP contribution is -2.25. The van der Waals surface area contributed by atoms with Gasteiger partial charge in [0.2, 0.25) is 5.95 Å². The summed E-state index contributed by atoms with van der Waals surface area (Å²) < 4.78 is 5.84. The van der Waals surface area contributed by atoms with Crippen molar-refractivity contribution in [3.8, 4) is 5.75 Å². The molecule has 0 radical (unpaired) electrons. The summed E-state index contributed by atoms with van der Waals surface area (Å²) in [6, 6.07) is 8.18. The standard InChI is InChI=1S/C18H25N5O/c1-12-3-5-14(6-4-12)24-11-13(2)21-17-15-7-9-20-10-8-16(15)22-18(19)23-17/h3-6,13,20H,7-11H2,1-2H3,(H3,19,21,22,23)/t13-/m0/s1. The zero-order chi connectivity index (χ0) is 16.9. The molecule has 3 rings (SSSR count). The Labute approximate surface area is 142 Å². The molecule has 0 bridgehead atoms. The van der Waals surface area contributed by atoms with Crippen molar-refractivity contribution in [2.75, 3.05) is 30.7 Å². The van der Waals surface area contributed by atoms with Crippen LogP contribution < -0.4 is 21.1 Å². The predicted octanol–water partition coefficient (Wildman–Crippen LogP) is 1.93. The average molecular weight is 327 g/mol. The van der Waals surface area contributed by atoms with E-state index in [1.165, 1.54) is 5.56 Å². The number of ether oxygens (including phenoxy) is 1. The van der Waals surface area contributed by atoms with Gasteiger partial charge in [-0.05, 0) is 38.9 Å². The van der Waals surface area contributed by atoms with E-state index in [0.29, 0.717) is 12.6 Å². The van der Waals surface area contributed by atoms with Gasteiger partial charge in [0.05, 0.1) is 11.7 Å². The van der Waals surface area contributed by atoms with E-state index < -0.39 is 0 Å². The number of nitrogens with two attached hydrogens (primary N) is 1. The number of rotatable bonds is 5. The number of nitrogen functional groups attached to an aromatic ring is 1. The quantitative estimate of drug-likeness (QED) is 0.778. The summed E-state index contributed by atoms with van der Waals surface area (Å²) in [6.45, 7) is 6.56. The van der Waals surface area contributed by atoms with Crippen molar-refractivity contribution in [3.05, 3.63) is 41.1 Å². The number of fused-ring (bicyclic) bond motifs is 1. The molecule has 6 nitrogen and oxygen atoms in total. The van der Waals surface area contributed by atoms with Crippen LogP contribution in [0, 0.1) is 6.92 Å². The molecule has 24 heavy (non-hydrogen) atoms. The largest absolute Gasteiger partial charge is 0.491 e. The monoisotopic (exact) mass is 327 g/mol. The van der Waals surface area contributed by atoms with Crippen molar-refractivity contribution in [1.29, 1.82) is 0 Å². The van der Waals surface area contributed by atoms with Crippen LogP contribution in [-0.4, -0.2) is 35.7 Å². The van der Waals surface area contributed by atoms with Crippen molar-refractivity contribution in [2.45, 2.75) is 32.7 Å². The molecule has 0 saturated heterocycles. The minimum absolute atomic E-state index is 0.112. The second kappa shape index (κ2) is 7.49. The summed E-state index contributed by atoms with van der Waals surface area (Å²) in [5.74, 6) is 2.03. The van der Waals surface area contributed by atoms with Gasteiger partial charge in [0.1, 0.15) is 18.2 Å². The number of nitrogens with zero attached hydrogens (tertiary/aromatic N) is 2. The molecular formula is C18H25N5O. The minimum Gasteiger partial charge on any atom is -0.491 e. The summed E-state index contributed by atoms with van der Waals surface area (Å²) in [4.78, 5) is 8.81. The summed E-state index contributed by atoms with van der Waals surface area (Å²) in [5, 5.41) is 6.82. The summed E-state index contributed by atoms with van der Waals surface area (Å²) in [5.41, 5.74) is 9.30. The molecular weight excluding hydrogens is 302 g/mol. The molecule has 0 unspecified atom stereocenters. The lowest BCUT2D eigenvalue weighted by Gasteiger charge is -2.19. The van der Waals surface area contributed by atoms with Crippen LogP contribution in [0.2, 0.25) is 0 Å². The molecule has 0 aliphatic carbocycles. The molecule has 0 fully saturated rings. The SMILES string of the molecule is Cc1ccc(OC[C@H](C)Nc2nc(N)nc3c2CCNCC3)cc1. The summed E-state index contributed by atoms with van der Waals surface area (Å²) in [7, 11) is 0. The number of hydrogen-bond donors (Lipinski definition) is 3. The van der Waals surface area contributed by atoms with Gasteiger partial charge in [-0.15, -0.1) is 0 Å². The van der Waals surface area contributed by atoms with E-state index in [9.17, 15) is 0 Å². The lowest BCUT2D eigenvalue weighted by atomic mass is 10.1. The molecule has 128 valence electrons. The molecule has 1 aliphatic heterocycles. The highest BCUT2D eigenvalue weighted by Gasteiger charge is 2.17. The molecule has 2 heterocycles. The third-order valence-electron chi connectivity index (χ3n) is 4.10. The minimum atomic E-state index is 0.112. The molecule has 0 amide bonds. The fourth-order valence-electron chi connectivity index (χ4n) is 2.81. The first-order valence-corrected chi connectivity index (χ1v) is 8.44. The zero-order valence-corrected chi connectivity index (χ0v) is 14.3. The average Bonchev–Trinajstić information content (AvgIpc) is 2.80. The molecule has 1 atom stereocenters. The Hall–Kier alpha value is -2.34. The van der Waals surface area contributed by atoms with Crippen molar-refractivity contribution in [1.82, 2.24) is 15.3 Å². The van der Waals surface area contributed by atoms with Crippen molar-refractivity contribution < 1.29 is 4.74 Å². The molecule has 2 aromatic rings. The smallest absolute Gasteiger partial charge is 0.222 e.